The van der Waals surface area contributed by atoms with E-state index in [-0.39, 0.29) is 30.5 Å². The maximum Gasteiger partial charge on any atom is 0.317 e. The highest BCUT2D eigenvalue weighted by Crippen LogP contribution is 2.33. The molecule has 1 saturated heterocycles. The van der Waals surface area contributed by atoms with E-state index in [1.165, 1.54) is 6.07 Å². The third-order valence-corrected chi connectivity index (χ3v) is 6.95. The predicted molar refractivity (Wildman–Crippen MR) is 137 cm³/mol. The highest BCUT2D eigenvalue weighted by molar-refractivity contribution is 5.81. The summed E-state index contributed by atoms with van der Waals surface area (Å²) >= 11 is 0. The summed E-state index contributed by atoms with van der Waals surface area (Å²) in [5, 5.41) is 5.99. The number of carbonyl (C=O) groups excluding carboxylic acids is 2. The van der Waals surface area contributed by atoms with E-state index in [1.807, 2.05) is 54.6 Å². The number of piperidine rings is 1. The number of likely N-dealkylation sites (tertiary alicyclic amines) is 1. The molecule has 3 aromatic carbocycles. The maximum absolute atomic E-state index is 13.9. The molecule has 0 spiro atoms. The van der Waals surface area contributed by atoms with Gasteiger partial charge < -0.3 is 25.0 Å². The van der Waals surface area contributed by atoms with Gasteiger partial charge in [0.15, 0.2) is 11.5 Å². The number of ether oxygens (including phenoxy) is 2. The van der Waals surface area contributed by atoms with Gasteiger partial charge in [-0.15, -0.1) is 0 Å². The van der Waals surface area contributed by atoms with E-state index in [4.69, 9.17) is 9.47 Å². The summed E-state index contributed by atoms with van der Waals surface area (Å²) in [7, 11) is 0. The molecular formula is C29H30FN3O4. The number of fused-ring (bicyclic) bond motifs is 1. The molecule has 2 N–H and O–H groups in total. The second-order valence-corrected chi connectivity index (χ2v) is 9.59. The van der Waals surface area contributed by atoms with Gasteiger partial charge in [-0.25, -0.2) is 9.18 Å². The lowest BCUT2D eigenvalue weighted by atomic mass is 9.83. The Labute approximate surface area is 215 Å². The lowest BCUT2D eigenvalue weighted by Crippen LogP contribution is -2.50. The molecule has 8 heteroatoms. The van der Waals surface area contributed by atoms with E-state index in [0.717, 1.165) is 16.7 Å². The van der Waals surface area contributed by atoms with Gasteiger partial charge in [-0.2, -0.15) is 0 Å². The predicted octanol–water partition coefficient (Wildman–Crippen LogP) is 4.49. The molecule has 0 saturated carbocycles. The van der Waals surface area contributed by atoms with E-state index in [1.54, 1.807) is 17.9 Å². The summed E-state index contributed by atoms with van der Waals surface area (Å²) in [5.41, 5.74) is 3.37. The van der Waals surface area contributed by atoms with Crippen molar-refractivity contribution in [1.29, 1.82) is 0 Å². The number of hydrogen-bond donors (Lipinski definition) is 2. The van der Waals surface area contributed by atoms with Crippen LogP contribution < -0.4 is 20.1 Å². The number of carbonyl (C=O) groups is 2. The van der Waals surface area contributed by atoms with Crippen molar-refractivity contribution in [3.05, 3.63) is 94.8 Å². The number of nitrogens with one attached hydrogen (secondary N) is 2. The van der Waals surface area contributed by atoms with Crippen molar-refractivity contribution in [2.24, 2.45) is 5.92 Å². The molecule has 2 aliphatic rings. The van der Waals surface area contributed by atoms with E-state index in [0.29, 0.717) is 49.7 Å². The quantitative estimate of drug-likeness (QED) is 0.519. The average Bonchev–Trinajstić information content (AvgIpc) is 3.40. The molecule has 0 radical (unpaired) electrons. The first-order valence-corrected chi connectivity index (χ1v) is 12.5. The highest BCUT2D eigenvalue weighted by atomic mass is 19.1. The van der Waals surface area contributed by atoms with E-state index >= 15 is 0 Å². The summed E-state index contributed by atoms with van der Waals surface area (Å²) in [6.45, 7) is 3.42. The third kappa shape index (κ3) is 5.85. The number of halogens is 1. The molecule has 0 unspecified atom stereocenters. The monoisotopic (exact) mass is 503 g/mol. The Bertz CT molecular complexity index is 1280. The van der Waals surface area contributed by atoms with Crippen LogP contribution in [0.3, 0.4) is 0 Å². The van der Waals surface area contributed by atoms with Crippen molar-refractivity contribution in [3.8, 4) is 11.5 Å². The molecule has 1 fully saturated rings. The first-order valence-electron chi connectivity index (χ1n) is 12.5. The molecule has 2 heterocycles. The van der Waals surface area contributed by atoms with Gasteiger partial charge in [0, 0.05) is 32.1 Å². The molecule has 2 atom stereocenters. The van der Waals surface area contributed by atoms with Gasteiger partial charge >= 0.3 is 6.03 Å². The van der Waals surface area contributed by atoms with E-state index in [2.05, 4.69) is 10.6 Å². The first-order chi connectivity index (χ1) is 18.0. The molecule has 192 valence electrons. The minimum atomic E-state index is -0.402. The largest absolute Gasteiger partial charge is 0.454 e. The minimum Gasteiger partial charge on any atom is -0.454 e. The van der Waals surface area contributed by atoms with Crippen molar-refractivity contribution < 1.29 is 23.5 Å². The lowest BCUT2D eigenvalue weighted by molar-refractivity contribution is -0.126. The molecule has 0 bridgehead atoms. The number of aryl methyl sites for hydroxylation is 1. The van der Waals surface area contributed by atoms with Crippen LogP contribution in [0.1, 0.15) is 34.6 Å². The zero-order valence-corrected chi connectivity index (χ0v) is 20.7. The molecule has 0 aromatic heterocycles. The third-order valence-electron chi connectivity index (χ3n) is 6.95. The zero-order chi connectivity index (χ0) is 25.8. The Morgan fingerprint density at radius 2 is 1.70 bits per heavy atom. The molecule has 37 heavy (non-hydrogen) atoms. The number of rotatable bonds is 6. The van der Waals surface area contributed by atoms with Gasteiger partial charge in [0.2, 0.25) is 12.7 Å². The average molecular weight is 504 g/mol. The van der Waals surface area contributed by atoms with Gasteiger partial charge in [-0.3, -0.25) is 4.79 Å². The minimum absolute atomic E-state index is 0.0863. The van der Waals surface area contributed by atoms with Crippen molar-refractivity contribution in [2.45, 2.75) is 32.4 Å². The van der Waals surface area contributed by atoms with Gasteiger partial charge in [0.1, 0.15) is 5.82 Å². The van der Waals surface area contributed by atoms with Crippen LogP contribution in [-0.4, -0.2) is 36.7 Å². The van der Waals surface area contributed by atoms with Crippen LogP contribution in [0.2, 0.25) is 0 Å². The lowest BCUT2D eigenvalue weighted by Gasteiger charge is -2.37. The summed E-state index contributed by atoms with van der Waals surface area (Å²) in [6.07, 6.45) is 0.570. The SMILES string of the molecule is Cc1cc([C@H]2C[C@@H](C(=O)NCc3ccc4c(c3)OCO4)CN(C(=O)NCc3ccccc3)C2)ccc1F. The number of nitrogens with zero attached hydrogens (tertiary/aromatic N) is 1. The smallest absolute Gasteiger partial charge is 0.317 e. The van der Waals surface area contributed by atoms with Crippen LogP contribution in [0, 0.1) is 18.7 Å². The molecule has 0 aliphatic carbocycles. The molecule has 3 amide bonds. The van der Waals surface area contributed by atoms with Crippen LogP contribution in [-0.2, 0) is 17.9 Å². The van der Waals surface area contributed by atoms with Crippen LogP contribution in [0.15, 0.2) is 66.7 Å². The molecule has 2 aliphatic heterocycles. The van der Waals surface area contributed by atoms with Crippen molar-refractivity contribution in [2.75, 3.05) is 19.9 Å². The fourth-order valence-electron chi connectivity index (χ4n) is 4.89. The van der Waals surface area contributed by atoms with Crippen LogP contribution in [0.4, 0.5) is 9.18 Å². The Morgan fingerprint density at radius 1 is 0.919 bits per heavy atom. The number of hydrogen-bond acceptors (Lipinski definition) is 4. The summed E-state index contributed by atoms with van der Waals surface area (Å²) in [6, 6.07) is 20.1. The molecule has 5 rings (SSSR count). The fourth-order valence-corrected chi connectivity index (χ4v) is 4.89. The Kier molecular flexibility index (Phi) is 7.25. The number of urea groups is 1. The van der Waals surface area contributed by atoms with Crippen LogP contribution in [0.25, 0.3) is 0 Å². The van der Waals surface area contributed by atoms with Crippen LogP contribution in [0.5, 0.6) is 11.5 Å². The van der Waals surface area contributed by atoms with E-state index in [9.17, 15) is 14.0 Å². The Balaban J connectivity index is 1.28. The summed E-state index contributed by atoms with van der Waals surface area (Å²) < 4.78 is 24.7. The second-order valence-electron chi connectivity index (χ2n) is 9.59. The number of amides is 3. The molecular weight excluding hydrogens is 473 g/mol. The summed E-state index contributed by atoms with van der Waals surface area (Å²) in [4.78, 5) is 28.1. The topological polar surface area (TPSA) is 79.9 Å². The highest BCUT2D eigenvalue weighted by Gasteiger charge is 2.34. The first kappa shape index (κ1) is 24.6. The fraction of sp³-hybridized carbons (Fsp3) is 0.310. The van der Waals surface area contributed by atoms with Crippen molar-refractivity contribution in [3.63, 3.8) is 0 Å². The normalized spacial score (nSPS) is 18.4. The van der Waals surface area contributed by atoms with Gasteiger partial charge in [0.05, 0.1) is 5.92 Å². The van der Waals surface area contributed by atoms with Gasteiger partial charge in [-0.05, 0) is 53.8 Å². The van der Waals surface area contributed by atoms with Crippen molar-refractivity contribution >= 4 is 11.9 Å². The van der Waals surface area contributed by atoms with E-state index < -0.39 is 5.92 Å². The van der Waals surface area contributed by atoms with Crippen LogP contribution >= 0.6 is 0 Å². The maximum atomic E-state index is 13.9. The second kappa shape index (κ2) is 10.9. The van der Waals surface area contributed by atoms with Crippen molar-refractivity contribution in [1.82, 2.24) is 15.5 Å². The standard InChI is InChI=1S/C29H30FN3O4/c1-19-11-22(8-9-25(19)30)23-13-24(17-33(16-23)29(35)32-14-20-5-3-2-4-6-20)28(34)31-15-21-7-10-26-27(12-21)37-18-36-26/h2-12,23-24H,13-18H2,1H3,(H,31,34)(H,32,35)/t23-,24+/m0/s1. The Morgan fingerprint density at radius 3 is 2.51 bits per heavy atom. The van der Waals surface area contributed by atoms with Gasteiger partial charge in [0.25, 0.3) is 0 Å². The van der Waals surface area contributed by atoms with Gasteiger partial charge in [-0.1, -0.05) is 48.5 Å². The molecule has 7 nitrogen and oxygen atoms in total. The summed E-state index contributed by atoms with van der Waals surface area (Å²) in [5.74, 6) is 0.476. The number of benzene rings is 3. The molecule has 3 aromatic rings. The Hall–Kier alpha value is -4.07. The zero-order valence-electron chi connectivity index (χ0n) is 20.7.